The van der Waals surface area contributed by atoms with Crippen molar-refractivity contribution < 1.29 is 32.9 Å². The first-order valence-corrected chi connectivity index (χ1v) is 31.8. The van der Waals surface area contributed by atoms with Crippen LogP contribution in [0.15, 0.2) is 72.9 Å². The molecule has 0 aromatic rings. The minimum absolute atomic E-state index is 0.00286. The van der Waals surface area contributed by atoms with E-state index in [1.54, 1.807) is 6.08 Å². The van der Waals surface area contributed by atoms with Crippen molar-refractivity contribution in [3.05, 3.63) is 72.9 Å². The Labute approximate surface area is 446 Å². The van der Waals surface area contributed by atoms with E-state index in [1.807, 2.05) is 27.2 Å². The number of unbranched alkanes of at least 4 members (excludes halogenated alkanes) is 32. The number of amides is 1. The SMILES string of the molecule is CC/C=C\C/C=C\C/C=C\C/C=C\C/C=C\CCCCCCCCCCCCCCCC(=O)NC(COP(=O)([O-])OCC[N+](C)(C)C)C(O)/C=C/CCCCCCCCCCCCCCCCCCCCC. The van der Waals surface area contributed by atoms with Crippen LogP contribution in [0.25, 0.3) is 0 Å². The first-order valence-electron chi connectivity index (χ1n) is 30.3. The molecule has 0 rings (SSSR count). The van der Waals surface area contributed by atoms with Crippen LogP contribution in [0, 0.1) is 0 Å². The van der Waals surface area contributed by atoms with Gasteiger partial charge in [-0.05, 0) is 64.2 Å². The summed E-state index contributed by atoms with van der Waals surface area (Å²) in [5.41, 5.74) is 0. The molecule has 0 radical (unpaired) electrons. The van der Waals surface area contributed by atoms with Gasteiger partial charge in [0.25, 0.3) is 7.82 Å². The Morgan fingerprint density at radius 1 is 0.500 bits per heavy atom. The number of nitrogens with zero attached hydrogens (tertiary/aromatic N) is 1. The molecular formula is C63H117N2O6P. The van der Waals surface area contributed by atoms with Crippen molar-refractivity contribution in [1.29, 1.82) is 0 Å². The molecular weight excluding hydrogens is 912 g/mol. The fraction of sp³-hybridized carbons (Fsp3) is 0.794. The van der Waals surface area contributed by atoms with Gasteiger partial charge in [0.15, 0.2) is 0 Å². The highest BCUT2D eigenvalue weighted by molar-refractivity contribution is 7.45. The lowest BCUT2D eigenvalue weighted by molar-refractivity contribution is -0.870. The van der Waals surface area contributed by atoms with Gasteiger partial charge in [-0.15, -0.1) is 0 Å². The summed E-state index contributed by atoms with van der Waals surface area (Å²) in [6, 6.07) is -0.891. The zero-order chi connectivity index (χ0) is 52.7. The number of nitrogens with one attached hydrogen (secondary N) is 1. The number of likely N-dealkylation sites (N-methyl/N-ethyl adjacent to an activating group) is 1. The number of aliphatic hydroxyl groups is 1. The van der Waals surface area contributed by atoms with Gasteiger partial charge in [0.05, 0.1) is 39.9 Å². The van der Waals surface area contributed by atoms with Gasteiger partial charge in [0.1, 0.15) is 13.2 Å². The maximum Gasteiger partial charge on any atom is 0.268 e. The average Bonchev–Trinajstić information content (AvgIpc) is 3.34. The summed E-state index contributed by atoms with van der Waals surface area (Å²) in [6.45, 7) is 4.56. The van der Waals surface area contributed by atoms with E-state index in [9.17, 15) is 19.4 Å². The molecule has 72 heavy (non-hydrogen) atoms. The molecule has 8 nitrogen and oxygen atoms in total. The van der Waals surface area contributed by atoms with Crippen LogP contribution in [0.2, 0.25) is 0 Å². The fourth-order valence-electron chi connectivity index (χ4n) is 8.71. The summed E-state index contributed by atoms with van der Waals surface area (Å²) in [5, 5.41) is 13.9. The van der Waals surface area contributed by atoms with E-state index in [0.717, 1.165) is 70.6 Å². The van der Waals surface area contributed by atoms with Gasteiger partial charge in [-0.1, -0.05) is 273 Å². The number of carbonyl (C=O) groups excluding carboxylic acids is 1. The van der Waals surface area contributed by atoms with E-state index in [-0.39, 0.29) is 19.1 Å². The molecule has 0 aliphatic rings. The Morgan fingerprint density at radius 3 is 1.24 bits per heavy atom. The molecule has 0 saturated carbocycles. The molecule has 2 N–H and O–H groups in total. The summed E-state index contributed by atoms with van der Waals surface area (Å²) in [5.74, 6) is -0.198. The van der Waals surface area contributed by atoms with Crippen LogP contribution >= 0.6 is 7.82 Å². The smallest absolute Gasteiger partial charge is 0.268 e. The second kappa shape index (κ2) is 53.8. The minimum atomic E-state index is -4.60. The second-order valence-corrected chi connectivity index (χ2v) is 23.1. The van der Waals surface area contributed by atoms with Crippen molar-refractivity contribution in [3.63, 3.8) is 0 Å². The predicted molar refractivity (Wildman–Crippen MR) is 311 cm³/mol. The predicted octanol–water partition coefficient (Wildman–Crippen LogP) is 18.0. The molecule has 0 saturated heterocycles. The lowest BCUT2D eigenvalue weighted by Crippen LogP contribution is -2.45. The van der Waals surface area contributed by atoms with Gasteiger partial charge in [-0.2, -0.15) is 0 Å². The lowest BCUT2D eigenvalue weighted by Gasteiger charge is -2.29. The zero-order valence-corrected chi connectivity index (χ0v) is 48.8. The third-order valence-corrected chi connectivity index (χ3v) is 14.4. The summed E-state index contributed by atoms with van der Waals surface area (Å²) in [4.78, 5) is 25.5. The van der Waals surface area contributed by atoms with Gasteiger partial charge < -0.3 is 28.8 Å². The highest BCUT2D eigenvalue weighted by atomic mass is 31.2. The van der Waals surface area contributed by atoms with Crippen molar-refractivity contribution in [1.82, 2.24) is 5.32 Å². The van der Waals surface area contributed by atoms with Crippen molar-refractivity contribution in [2.45, 2.75) is 283 Å². The van der Waals surface area contributed by atoms with Gasteiger partial charge in [-0.25, -0.2) is 0 Å². The molecule has 3 unspecified atom stereocenters. The third kappa shape index (κ3) is 55.7. The molecule has 0 aromatic heterocycles. The molecule has 420 valence electrons. The summed E-state index contributed by atoms with van der Waals surface area (Å²) in [6.07, 6.45) is 74.1. The van der Waals surface area contributed by atoms with E-state index in [1.165, 1.54) is 180 Å². The van der Waals surface area contributed by atoms with Crippen molar-refractivity contribution >= 4 is 13.7 Å². The number of rotatable bonds is 55. The van der Waals surface area contributed by atoms with Crippen LogP contribution in [-0.2, 0) is 18.4 Å². The number of phosphoric ester groups is 1. The Bertz CT molecular complexity index is 1400. The van der Waals surface area contributed by atoms with Gasteiger partial charge in [-0.3, -0.25) is 9.36 Å². The summed E-state index contributed by atoms with van der Waals surface area (Å²) >= 11 is 0. The molecule has 0 aromatic carbocycles. The largest absolute Gasteiger partial charge is 0.756 e. The van der Waals surface area contributed by atoms with Crippen LogP contribution in [-0.4, -0.2) is 68.5 Å². The van der Waals surface area contributed by atoms with Gasteiger partial charge >= 0.3 is 0 Å². The van der Waals surface area contributed by atoms with Crippen molar-refractivity contribution in [2.75, 3.05) is 40.9 Å². The highest BCUT2D eigenvalue weighted by Crippen LogP contribution is 2.38. The minimum Gasteiger partial charge on any atom is -0.756 e. The Hall–Kier alpha value is -2.06. The van der Waals surface area contributed by atoms with Crippen LogP contribution in [0.5, 0.6) is 0 Å². The summed E-state index contributed by atoms with van der Waals surface area (Å²) in [7, 11) is 1.26. The molecule has 1 amide bonds. The molecule has 0 aliphatic carbocycles. The third-order valence-electron chi connectivity index (χ3n) is 13.4. The molecule has 0 bridgehead atoms. The number of aliphatic hydroxyl groups excluding tert-OH is 1. The number of quaternary nitrogens is 1. The number of phosphoric acid groups is 1. The lowest BCUT2D eigenvalue weighted by atomic mass is 10.0. The summed E-state index contributed by atoms with van der Waals surface area (Å²) < 4.78 is 23.4. The standard InChI is InChI=1S/C63H117N2O6P/c1-6-8-10-12-14-16-18-20-22-24-26-28-29-30-31-32-33-34-35-37-39-41-43-45-47-49-51-53-55-57-63(67)64-61(60-71-72(68,69)70-59-58-65(3,4)5)62(66)56-54-52-50-48-46-44-42-40-38-36-27-25-23-21-19-17-15-13-11-9-7-2/h8,10,14,16,20,22,26,28,30-31,54,56,61-62,66H,6-7,9,11-13,15,17-19,21,23-25,27,29,32-53,55,57-60H2,1-5H3,(H-,64,67,68,69)/b10-8-,16-14-,22-20-,28-26-,31-30-,56-54+. The van der Waals surface area contributed by atoms with Crippen molar-refractivity contribution in [2.24, 2.45) is 0 Å². The first-order chi connectivity index (χ1) is 35.0. The van der Waals surface area contributed by atoms with Crippen LogP contribution in [0.1, 0.15) is 271 Å². The number of hydrogen-bond acceptors (Lipinski definition) is 6. The number of allylic oxidation sites excluding steroid dienone is 11. The topological polar surface area (TPSA) is 108 Å². The molecule has 0 spiro atoms. The Morgan fingerprint density at radius 2 is 0.847 bits per heavy atom. The normalized spacial score (nSPS) is 14.4. The first kappa shape index (κ1) is 69.9. The van der Waals surface area contributed by atoms with Crippen molar-refractivity contribution in [3.8, 4) is 0 Å². The van der Waals surface area contributed by atoms with E-state index in [4.69, 9.17) is 9.05 Å². The van der Waals surface area contributed by atoms with E-state index in [0.29, 0.717) is 17.4 Å². The van der Waals surface area contributed by atoms with Gasteiger partial charge in [0, 0.05) is 6.42 Å². The maximum atomic E-state index is 13.0. The Kier molecular flexibility index (Phi) is 52.2. The molecule has 0 aliphatic heterocycles. The molecule has 3 atom stereocenters. The quantitative estimate of drug-likeness (QED) is 0.0272. The van der Waals surface area contributed by atoms with E-state index in [2.05, 4.69) is 79.9 Å². The van der Waals surface area contributed by atoms with Gasteiger partial charge in [0.2, 0.25) is 5.91 Å². The Balaban J connectivity index is 4.17. The maximum absolute atomic E-state index is 13.0. The highest BCUT2D eigenvalue weighted by Gasteiger charge is 2.23. The van der Waals surface area contributed by atoms with Crippen LogP contribution in [0.4, 0.5) is 0 Å². The second-order valence-electron chi connectivity index (χ2n) is 21.7. The average molecular weight is 1030 g/mol. The van der Waals surface area contributed by atoms with E-state index >= 15 is 0 Å². The molecule has 0 fully saturated rings. The fourth-order valence-corrected chi connectivity index (χ4v) is 9.43. The molecule has 9 heteroatoms. The number of hydrogen-bond donors (Lipinski definition) is 2. The van der Waals surface area contributed by atoms with E-state index < -0.39 is 20.0 Å². The van der Waals surface area contributed by atoms with Crippen LogP contribution in [0.3, 0.4) is 0 Å². The molecule has 0 heterocycles. The van der Waals surface area contributed by atoms with Crippen LogP contribution < -0.4 is 10.2 Å². The number of carbonyl (C=O) groups is 1. The monoisotopic (exact) mass is 1030 g/mol. The zero-order valence-electron chi connectivity index (χ0n) is 47.9.